The first-order chi connectivity index (χ1) is 17.2. The SMILES string of the molecule is CCCCCCCC1CCC(c2ccc(OCCC)cc2C2CCC(CCCCCC)CC2)CC1. The first-order valence-electron chi connectivity index (χ1n) is 16.0. The van der Waals surface area contributed by atoms with E-state index < -0.39 is 0 Å². The van der Waals surface area contributed by atoms with Crippen molar-refractivity contribution in [2.45, 2.75) is 161 Å². The zero-order valence-electron chi connectivity index (χ0n) is 23.8. The highest BCUT2D eigenvalue weighted by Gasteiger charge is 2.29. The summed E-state index contributed by atoms with van der Waals surface area (Å²) < 4.78 is 6.12. The Kier molecular flexibility index (Phi) is 13.6. The fourth-order valence-electron chi connectivity index (χ4n) is 7.01. The smallest absolute Gasteiger partial charge is 0.119 e. The minimum absolute atomic E-state index is 0.762. The molecule has 0 bridgehead atoms. The summed E-state index contributed by atoms with van der Waals surface area (Å²) in [5.41, 5.74) is 3.37. The molecule has 2 aliphatic carbocycles. The van der Waals surface area contributed by atoms with Crippen LogP contribution in [0.15, 0.2) is 18.2 Å². The lowest BCUT2D eigenvalue weighted by Gasteiger charge is -2.34. The van der Waals surface area contributed by atoms with Gasteiger partial charge in [0.15, 0.2) is 0 Å². The lowest BCUT2D eigenvalue weighted by Crippen LogP contribution is -2.18. The van der Waals surface area contributed by atoms with E-state index in [1.165, 1.54) is 122 Å². The van der Waals surface area contributed by atoms with Crippen LogP contribution in [0.3, 0.4) is 0 Å². The van der Waals surface area contributed by atoms with Crippen LogP contribution in [0.1, 0.15) is 172 Å². The van der Waals surface area contributed by atoms with Gasteiger partial charge in [0.25, 0.3) is 0 Å². The van der Waals surface area contributed by atoms with Crippen LogP contribution in [0, 0.1) is 11.8 Å². The molecule has 0 radical (unpaired) electrons. The summed E-state index contributed by atoms with van der Waals surface area (Å²) in [4.78, 5) is 0. The van der Waals surface area contributed by atoms with Gasteiger partial charge in [0.05, 0.1) is 6.61 Å². The standard InChI is InChI=1S/C34H58O/c1-4-7-9-11-13-15-29-16-20-30(21-17-29)33-25-24-32(35-26-6-3)27-34(33)31-22-18-28(19-23-31)14-12-10-8-5-2/h24-25,27-31H,4-23,26H2,1-3H3. The average Bonchev–Trinajstić information content (AvgIpc) is 2.90. The molecular weight excluding hydrogens is 424 g/mol. The molecule has 2 fully saturated rings. The predicted molar refractivity (Wildman–Crippen MR) is 154 cm³/mol. The highest BCUT2D eigenvalue weighted by molar-refractivity contribution is 5.40. The normalized spacial score (nSPS) is 25.0. The quantitative estimate of drug-likeness (QED) is 0.213. The molecule has 0 unspecified atom stereocenters. The zero-order valence-corrected chi connectivity index (χ0v) is 23.8. The van der Waals surface area contributed by atoms with Crippen molar-refractivity contribution in [3.63, 3.8) is 0 Å². The number of rotatable bonds is 16. The fourth-order valence-corrected chi connectivity index (χ4v) is 7.01. The Morgan fingerprint density at radius 1 is 0.571 bits per heavy atom. The van der Waals surface area contributed by atoms with Gasteiger partial charge in [-0.2, -0.15) is 0 Å². The van der Waals surface area contributed by atoms with Gasteiger partial charge in [-0.15, -0.1) is 0 Å². The van der Waals surface area contributed by atoms with Crippen LogP contribution < -0.4 is 4.74 Å². The van der Waals surface area contributed by atoms with Crippen LogP contribution in [-0.4, -0.2) is 6.61 Å². The molecule has 1 aromatic rings. The minimum Gasteiger partial charge on any atom is -0.494 e. The third-order valence-electron chi connectivity index (χ3n) is 9.29. The first-order valence-corrected chi connectivity index (χ1v) is 16.0. The third kappa shape index (κ3) is 9.77. The van der Waals surface area contributed by atoms with Gasteiger partial charge in [0, 0.05) is 0 Å². The molecule has 200 valence electrons. The van der Waals surface area contributed by atoms with Crippen LogP contribution in [0.25, 0.3) is 0 Å². The monoisotopic (exact) mass is 482 g/mol. The molecule has 1 aromatic carbocycles. The predicted octanol–water partition coefficient (Wildman–Crippen LogP) is 11.4. The van der Waals surface area contributed by atoms with E-state index in [2.05, 4.69) is 39.0 Å². The van der Waals surface area contributed by atoms with E-state index in [0.717, 1.165) is 42.4 Å². The lowest BCUT2D eigenvalue weighted by molar-refractivity contribution is 0.288. The molecular formula is C34H58O. The van der Waals surface area contributed by atoms with E-state index in [1.54, 1.807) is 11.1 Å². The Morgan fingerprint density at radius 3 is 1.63 bits per heavy atom. The van der Waals surface area contributed by atoms with Gasteiger partial charge < -0.3 is 4.74 Å². The van der Waals surface area contributed by atoms with E-state index in [-0.39, 0.29) is 0 Å². The van der Waals surface area contributed by atoms with Gasteiger partial charge in [-0.05, 0) is 105 Å². The van der Waals surface area contributed by atoms with Crippen molar-refractivity contribution in [3.05, 3.63) is 29.3 Å². The molecule has 0 aromatic heterocycles. The van der Waals surface area contributed by atoms with Crippen molar-refractivity contribution < 1.29 is 4.74 Å². The summed E-state index contributed by atoms with van der Waals surface area (Å²) in [6.07, 6.45) is 28.3. The van der Waals surface area contributed by atoms with Gasteiger partial charge in [0.2, 0.25) is 0 Å². The Morgan fingerprint density at radius 2 is 1.09 bits per heavy atom. The maximum absolute atomic E-state index is 6.12. The number of benzene rings is 1. The van der Waals surface area contributed by atoms with Crippen LogP contribution in [0.2, 0.25) is 0 Å². The second-order valence-corrected chi connectivity index (χ2v) is 12.1. The number of hydrogen-bond donors (Lipinski definition) is 0. The molecule has 0 saturated heterocycles. The van der Waals surface area contributed by atoms with Crippen LogP contribution >= 0.6 is 0 Å². The van der Waals surface area contributed by atoms with Crippen molar-refractivity contribution in [3.8, 4) is 5.75 Å². The van der Waals surface area contributed by atoms with E-state index in [0.29, 0.717) is 0 Å². The molecule has 0 spiro atoms. The van der Waals surface area contributed by atoms with E-state index in [9.17, 15) is 0 Å². The minimum atomic E-state index is 0.762. The topological polar surface area (TPSA) is 9.23 Å². The van der Waals surface area contributed by atoms with E-state index >= 15 is 0 Å². The molecule has 0 atom stereocenters. The van der Waals surface area contributed by atoms with Crippen molar-refractivity contribution in [1.82, 2.24) is 0 Å². The molecule has 2 aliphatic rings. The molecule has 0 amide bonds. The zero-order chi connectivity index (χ0) is 24.7. The summed E-state index contributed by atoms with van der Waals surface area (Å²) in [6, 6.07) is 7.23. The van der Waals surface area contributed by atoms with Crippen LogP contribution in [-0.2, 0) is 0 Å². The fraction of sp³-hybridized carbons (Fsp3) is 0.824. The second-order valence-electron chi connectivity index (χ2n) is 12.1. The Hall–Kier alpha value is -0.980. The highest BCUT2D eigenvalue weighted by Crippen LogP contribution is 2.45. The maximum Gasteiger partial charge on any atom is 0.119 e. The van der Waals surface area contributed by atoms with Gasteiger partial charge in [-0.1, -0.05) is 97.5 Å². The lowest BCUT2D eigenvalue weighted by atomic mass is 9.71. The number of unbranched alkanes of at least 4 members (excludes halogenated alkanes) is 7. The van der Waals surface area contributed by atoms with Crippen molar-refractivity contribution in [1.29, 1.82) is 0 Å². The van der Waals surface area contributed by atoms with Gasteiger partial charge in [-0.25, -0.2) is 0 Å². The van der Waals surface area contributed by atoms with Gasteiger partial charge in [-0.3, -0.25) is 0 Å². The Balaban J connectivity index is 1.56. The highest BCUT2D eigenvalue weighted by atomic mass is 16.5. The molecule has 0 aliphatic heterocycles. The van der Waals surface area contributed by atoms with Gasteiger partial charge >= 0.3 is 0 Å². The first kappa shape index (κ1) is 28.6. The molecule has 0 heterocycles. The van der Waals surface area contributed by atoms with Crippen LogP contribution in [0.4, 0.5) is 0 Å². The van der Waals surface area contributed by atoms with Crippen LogP contribution in [0.5, 0.6) is 5.75 Å². The summed E-state index contributed by atoms with van der Waals surface area (Å²) in [5, 5.41) is 0. The van der Waals surface area contributed by atoms with E-state index in [4.69, 9.17) is 4.74 Å². The molecule has 2 saturated carbocycles. The van der Waals surface area contributed by atoms with E-state index in [1.807, 2.05) is 0 Å². The molecule has 0 N–H and O–H groups in total. The summed E-state index contributed by atoms with van der Waals surface area (Å²) in [5.74, 6) is 4.64. The van der Waals surface area contributed by atoms with Crippen molar-refractivity contribution in [2.75, 3.05) is 6.61 Å². The number of hydrogen-bond acceptors (Lipinski definition) is 1. The largest absolute Gasteiger partial charge is 0.494 e. The second kappa shape index (κ2) is 16.7. The van der Waals surface area contributed by atoms with Crippen molar-refractivity contribution in [2.24, 2.45) is 11.8 Å². The molecule has 1 heteroatoms. The van der Waals surface area contributed by atoms with Gasteiger partial charge in [0.1, 0.15) is 5.75 Å². The molecule has 3 rings (SSSR count). The molecule has 35 heavy (non-hydrogen) atoms. The number of ether oxygens (including phenoxy) is 1. The Labute approximate surface area is 219 Å². The maximum atomic E-state index is 6.12. The molecule has 1 nitrogen and oxygen atoms in total. The Bertz CT molecular complexity index is 663. The third-order valence-corrected chi connectivity index (χ3v) is 9.29. The summed E-state index contributed by atoms with van der Waals surface area (Å²) in [7, 11) is 0. The van der Waals surface area contributed by atoms with Crippen molar-refractivity contribution >= 4 is 0 Å². The summed E-state index contributed by atoms with van der Waals surface area (Å²) >= 11 is 0. The summed E-state index contributed by atoms with van der Waals surface area (Å²) in [6.45, 7) is 7.69. The average molecular weight is 483 g/mol.